The number of nitrogens with zero attached hydrogens (tertiary/aromatic N) is 6. The summed E-state index contributed by atoms with van der Waals surface area (Å²) in [5, 5.41) is 3.63. The molecule has 5 rings (SSSR count). The molecule has 0 aliphatic carbocycles. The second kappa shape index (κ2) is 12.4. The van der Waals surface area contributed by atoms with E-state index in [-0.39, 0.29) is 6.09 Å². The van der Waals surface area contributed by atoms with Crippen LogP contribution in [0.25, 0.3) is 28.1 Å². The number of aromatic nitrogens is 4. The molecule has 0 unspecified atom stereocenters. The number of rotatable bonds is 4. The smallest absolute Gasteiger partial charge is 0.413 e. The highest BCUT2D eigenvalue weighted by Gasteiger charge is 2.28. The number of pyridine rings is 2. The minimum Gasteiger partial charge on any atom is -0.444 e. The number of carbonyl (C=O) groups excluding carboxylic acids is 2. The third-order valence-electron chi connectivity index (χ3n) is 6.86. The predicted molar refractivity (Wildman–Crippen MR) is 177 cm³/mol. The number of nitrogens with one attached hydrogen (secondary N) is 1. The minimum atomic E-state index is -0.634. The zero-order chi connectivity index (χ0) is 32.7. The zero-order valence-corrected chi connectivity index (χ0v) is 28.0. The van der Waals surface area contributed by atoms with E-state index < -0.39 is 17.3 Å². The summed E-state index contributed by atoms with van der Waals surface area (Å²) in [4.78, 5) is 42.4. The summed E-state index contributed by atoms with van der Waals surface area (Å²) in [5.74, 6) is 1.05. The summed E-state index contributed by atoms with van der Waals surface area (Å²) >= 11 is 13.7. The Kier molecular flexibility index (Phi) is 8.88. The summed E-state index contributed by atoms with van der Waals surface area (Å²) in [6.07, 6.45) is 0.680. The van der Waals surface area contributed by atoms with Crippen LogP contribution in [-0.4, -0.2) is 74.0 Å². The predicted octanol–water partition coefficient (Wildman–Crippen LogP) is 7.50. The van der Waals surface area contributed by atoms with Gasteiger partial charge in [0, 0.05) is 37.9 Å². The number of imidazole rings is 1. The molecule has 1 aliphatic rings. The van der Waals surface area contributed by atoms with Crippen molar-refractivity contribution in [3.63, 3.8) is 0 Å². The fraction of sp³-hybridized carbons (Fsp3) is 0.406. The largest absolute Gasteiger partial charge is 0.444 e. The molecule has 1 N–H and O–H groups in total. The van der Waals surface area contributed by atoms with Gasteiger partial charge in [0.05, 0.1) is 27.1 Å². The first-order chi connectivity index (χ1) is 21.1. The van der Waals surface area contributed by atoms with Crippen LogP contribution in [0.3, 0.4) is 0 Å². The number of piperazine rings is 1. The van der Waals surface area contributed by atoms with E-state index in [1.165, 1.54) is 0 Å². The van der Waals surface area contributed by atoms with Crippen LogP contribution in [-0.2, 0) is 9.47 Å². The van der Waals surface area contributed by atoms with Gasteiger partial charge in [-0.05, 0) is 84.9 Å². The molecule has 0 atom stereocenters. The standard InChI is InChI=1S/C32H37Cl2N7O4/c1-19-36-25-9-8-24(20-10-11-35-26(16-20)38-29(42)44-31(2,3)4)37-28(25)41(19)21-17-22(33)27(23(34)18-21)39-12-14-40(15-13-39)30(43)45-32(5,6)7/h8-11,16-18H,12-15H2,1-7H3,(H,35,38,42). The molecule has 1 aliphatic heterocycles. The highest BCUT2D eigenvalue weighted by molar-refractivity contribution is 6.39. The number of fused-ring (bicyclic) bond motifs is 1. The van der Waals surface area contributed by atoms with Gasteiger partial charge in [0.15, 0.2) is 5.65 Å². The number of ether oxygens (including phenoxy) is 2. The SMILES string of the molecule is Cc1nc2ccc(-c3ccnc(NC(=O)OC(C)(C)C)c3)nc2n1-c1cc(Cl)c(N2CCN(C(=O)OC(C)(C)C)CC2)c(Cl)c1. The zero-order valence-electron chi connectivity index (χ0n) is 26.4. The number of halogens is 2. The molecule has 1 aromatic carbocycles. The maximum absolute atomic E-state index is 12.5. The second-order valence-corrected chi connectivity index (χ2v) is 13.6. The van der Waals surface area contributed by atoms with Gasteiger partial charge in [0.2, 0.25) is 0 Å². The molecule has 238 valence electrons. The highest BCUT2D eigenvalue weighted by Crippen LogP contribution is 2.38. The molecule has 4 aromatic rings. The van der Waals surface area contributed by atoms with Crippen molar-refractivity contribution in [2.24, 2.45) is 0 Å². The summed E-state index contributed by atoms with van der Waals surface area (Å²) in [5.41, 5.74) is 2.97. The maximum atomic E-state index is 12.5. The van der Waals surface area contributed by atoms with Crippen molar-refractivity contribution in [1.82, 2.24) is 24.4 Å². The first kappa shape index (κ1) is 32.3. The molecule has 0 spiro atoms. The molecule has 0 saturated carbocycles. The van der Waals surface area contributed by atoms with Crippen LogP contribution >= 0.6 is 23.2 Å². The number of anilines is 2. The lowest BCUT2D eigenvalue weighted by Gasteiger charge is -2.37. The average Bonchev–Trinajstić information content (AvgIpc) is 3.26. The van der Waals surface area contributed by atoms with E-state index in [1.54, 1.807) is 37.9 Å². The number of hydrogen-bond donors (Lipinski definition) is 1. The van der Waals surface area contributed by atoms with E-state index in [1.807, 2.05) is 62.6 Å². The molecule has 45 heavy (non-hydrogen) atoms. The first-order valence-corrected chi connectivity index (χ1v) is 15.4. The average molecular weight is 655 g/mol. The normalized spacial score (nSPS) is 14.1. The molecule has 3 aromatic heterocycles. The topological polar surface area (TPSA) is 115 Å². The van der Waals surface area contributed by atoms with E-state index in [4.69, 9.17) is 42.6 Å². The first-order valence-electron chi connectivity index (χ1n) is 14.6. The highest BCUT2D eigenvalue weighted by atomic mass is 35.5. The van der Waals surface area contributed by atoms with Gasteiger partial charge in [0.1, 0.15) is 28.4 Å². The van der Waals surface area contributed by atoms with Crippen molar-refractivity contribution < 1.29 is 19.1 Å². The van der Waals surface area contributed by atoms with Gasteiger partial charge in [-0.25, -0.2) is 24.5 Å². The Balaban J connectivity index is 1.40. The number of carbonyl (C=O) groups is 2. The lowest BCUT2D eigenvalue weighted by atomic mass is 10.1. The molecule has 13 heteroatoms. The lowest BCUT2D eigenvalue weighted by molar-refractivity contribution is 0.0240. The monoisotopic (exact) mass is 653 g/mol. The number of benzene rings is 1. The Morgan fingerprint density at radius 1 is 0.867 bits per heavy atom. The van der Waals surface area contributed by atoms with Gasteiger partial charge in [0.25, 0.3) is 0 Å². The third-order valence-corrected chi connectivity index (χ3v) is 7.44. The van der Waals surface area contributed by atoms with E-state index >= 15 is 0 Å². The second-order valence-electron chi connectivity index (χ2n) is 12.8. The Bertz CT molecular complexity index is 1730. The Morgan fingerprint density at radius 2 is 1.51 bits per heavy atom. The maximum Gasteiger partial charge on any atom is 0.413 e. The molecule has 0 radical (unpaired) electrons. The van der Waals surface area contributed by atoms with Gasteiger partial charge < -0.3 is 19.3 Å². The van der Waals surface area contributed by atoms with Gasteiger partial charge in [-0.3, -0.25) is 9.88 Å². The summed E-state index contributed by atoms with van der Waals surface area (Å²) in [7, 11) is 0. The van der Waals surface area contributed by atoms with Crippen molar-refractivity contribution in [3.05, 3.63) is 58.5 Å². The van der Waals surface area contributed by atoms with Crippen molar-refractivity contribution in [2.75, 3.05) is 36.4 Å². The molecule has 1 saturated heterocycles. The molecule has 11 nitrogen and oxygen atoms in total. The van der Waals surface area contributed by atoms with Crippen LogP contribution in [0.2, 0.25) is 10.0 Å². The summed E-state index contributed by atoms with van der Waals surface area (Å²) < 4.78 is 12.8. The van der Waals surface area contributed by atoms with Crippen molar-refractivity contribution in [3.8, 4) is 16.9 Å². The molecule has 4 heterocycles. The van der Waals surface area contributed by atoms with Crippen LogP contribution in [0.4, 0.5) is 21.1 Å². The number of amides is 2. The number of aryl methyl sites for hydroxylation is 1. The molecule has 0 bridgehead atoms. The van der Waals surface area contributed by atoms with E-state index in [2.05, 4.69) is 15.2 Å². The molecule has 1 fully saturated rings. The Morgan fingerprint density at radius 3 is 2.13 bits per heavy atom. The Labute approximate surface area is 272 Å². The third kappa shape index (κ3) is 7.59. The Hall–Kier alpha value is -4.09. The van der Waals surface area contributed by atoms with Crippen molar-refractivity contribution in [2.45, 2.75) is 59.7 Å². The van der Waals surface area contributed by atoms with Crippen molar-refractivity contribution in [1.29, 1.82) is 0 Å². The number of hydrogen-bond acceptors (Lipinski definition) is 8. The van der Waals surface area contributed by atoms with Gasteiger partial charge in [-0.1, -0.05) is 23.2 Å². The molecule has 2 amide bonds. The van der Waals surface area contributed by atoms with E-state index in [0.29, 0.717) is 76.1 Å². The quantitative estimate of drug-likeness (QED) is 0.241. The molecular weight excluding hydrogens is 617 g/mol. The summed E-state index contributed by atoms with van der Waals surface area (Å²) in [6, 6.07) is 11.0. The molecular formula is C32H37Cl2N7O4. The van der Waals surface area contributed by atoms with E-state index in [9.17, 15) is 9.59 Å². The van der Waals surface area contributed by atoms with Crippen LogP contribution in [0.5, 0.6) is 0 Å². The van der Waals surface area contributed by atoms with Gasteiger partial charge >= 0.3 is 12.2 Å². The minimum absolute atomic E-state index is 0.327. The fourth-order valence-electron chi connectivity index (χ4n) is 5.03. The van der Waals surface area contributed by atoms with Crippen LogP contribution in [0, 0.1) is 6.92 Å². The van der Waals surface area contributed by atoms with Gasteiger partial charge in [-0.2, -0.15) is 0 Å². The van der Waals surface area contributed by atoms with Crippen LogP contribution < -0.4 is 10.2 Å². The van der Waals surface area contributed by atoms with E-state index in [0.717, 1.165) is 5.56 Å². The van der Waals surface area contributed by atoms with Gasteiger partial charge in [-0.15, -0.1) is 0 Å². The lowest BCUT2D eigenvalue weighted by Crippen LogP contribution is -2.50. The van der Waals surface area contributed by atoms with Crippen molar-refractivity contribution >= 4 is 58.1 Å². The fourth-order valence-corrected chi connectivity index (χ4v) is 5.74. The van der Waals surface area contributed by atoms with Crippen LogP contribution in [0.15, 0.2) is 42.6 Å². The summed E-state index contributed by atoms with van der Waals surface area (Å²) in [6.45, 7) is 14.9. The van der Waals surface area contributed by atoms with Crippen LogP contribution in [0.1, 0.15) is 47.4 Å².